The fourth-order valence-corrected chi connectivity index (χ4v) is 3.61. The maximum atomic E-state index is 12.1. The second-order valence-electron chi connectivity index (χ2n) is 5.57. The Balaban J connectivity index is 1.63. The SMILES string of the molecule is COc1ccc(Cc2nnc(NC(=O)Nc3ccc(Cl)cc3Cl)s2)cc1OC. The van der Waals surface area contributed by atoms with E-state index in [1.54, 1.807) is 32.4 Å². The van der Waals surface area contributed by atoms with E-state index in [1.807, 2.05) is 18.2 Å². The maximum absolute atomic E-state index is 12.1. The molecule has 0 saturated carbocycles. The molecule has 2 N–H and O–H groups in total. The van der Waals surface area contributed by atoms with Gasteiger partial charge in [-0.1, -0.05) is 40.6 Å². The van der Waals surface area contributed by atoms with Crippen molar-refractivity contribution in [3.63, 3.8) is 0 Å². The first-order valence-corrected chi connectivity index (χ1v) is 9.62. The van der Waals surface area contributed by atoms with E-state index in [0.717, 1.165) is 10.6 Å². The lowest BCUT2D eigenvalue weighted by molar-refractivity contribution is 0.262. The number of benzene rings is 2. The highest BCUT2D eigenvalue weighted by molar-refractivity contribution is 7.15. The van der Waals surface area contributed by atoms with Crippen LogP contribution in [0.25, 0.3) is 0 Å². The van der Waals surface area contributed by atoms with Gasteiger partial charge in [0.05, 0.1) is 24.9 Å². The normalized spacial score (nSPS) is 10.4. The zero-order chi connectivity index (χ0) is 20.1. The molecule has 2 amide bonds. The van der Waals surface area contributed by atoms with Gasteiger partial charge in [0.15, 0.2) is 11.5 Å². The third-order valence-electron chi connectivity index (χ3n) is 3.67. The molecule has 0 spiro atoms. The molecule has 1 heterocycles. The van der Waals surface area contributed by atoms with Crippen LogP contribution in [-0.2, 0) is 6.42 Å². The molecule has 7 nitrogen and oxygen atoms in total. The molecule has 28 heavy (non-hydrogen) atoms. The van der Waals surface area contributed by atoms with Crippen molar-refractivity contribution in [2.45, 2.75) is 6.42 Å². The summed E-state index contributed by atoms with van der Waals surface area (Å²) < 4.78 is 10.5. The van der Waals surface area contributed by atoms with E-state index in [1.165, 1.54) is 11.3 Å². The largest absolute Gasteiger partial charge is 0.493 e. The summed E-state index contributed by atoms with van der Waals surface area (Å²) in [6.45, 7) is 0. The highest BCUT2D eigenvalue weighted by atomic mass is 35.5. The minimum absolute atomic E-state index is 0.342. The number of amides is 2. The van der Waals surface area contributed by atoms with Crippen LogP contribution in [0.2, 0.25) is 10.0 Å². The zero-order valence-corrected chi connectivity index (χ0v) is 17.3. The van der Waals surface area contributed by atoms with Crippen LogP contribution < -0.4 is 20.1 Å². The molecule has 0 aliphatic heterocycles. The Labute approximate surface area is 175 Å². The van der Waals surface area contributed by atoms with Gasteiger partial charge in [0.25, 0.3) is 0 Å². The average molecular weight is 439 g/mol. The van der Waals surface area contributed by atoms with Crippen LogP contribution in [0.3, 0.4) is 0 Å². The number of ether oxygens (including phenoxy) is 2. The minimum Gasteiger partial charge on any atom is -0.493 e. The minimum atomic E-state index is -0.474. The molecule has 10 heteroatoms. The zero-order valence-electron chi connectivity index (χ0n) is 15.0. The number of urea groups is 1. The fourth-order valence-electron chi connectivity index (χ4n) is 2.38. The van der Waals surface area contributed by atoms with E-state index in [4.69, 9.17) is 32.7 Å². The molecule has 0 aliphatic rings. The molecule has 0 atom stereocenters. The second kappa shape index (κ2) is 9.09. The molecule has 0 saturated heterocycles. The number of halogens is 2. The van der Waals surface area contributed by atoms with Gasteiger partial charge in [-0.25, -0.2) is 4.79 Å². The summed E-state index contributed by atoms with van der Waals surface area (Å²) in [6.07, 6.45) is 0.546. The van der Waals surface area contributed by atoms with E-state index in [0.29, 0.717) is 38.8 Å². The van der Waals surface area contributed by atoms with Crippen LogP contribution in [0, 0.1) is 0 Å². The van der Waals surface area contributed by atoms with Crippen molar-refractivity contribution in [2.24, 2.45) is 0 Å². The summed E-state index contributed by atoms with van der Waals surface area (Å²) in [7, 11) is 3.17. The quantitative estimate of drug-likeness (QED) is 0.559. The summed E-state index contributed by atoms with van der Waals surface area (Å²) >= 11 is 13.2. The van der Waals surface area contributed by atoms with Crippen molar-refractivity contribution in [2.75, 3.05) is 24.9 Å². The smallest absolute Gasteiger partial charge is 0.325 e. The first kappa shape index (κ1) is 20.2. The number of nitrogens with zero attached hydrogens (tertiary/aromatic N) is 2. The first-order valence-electron chi connectivity index (χ1n) is 8.05. The van der Waals surface area contributed by atoms with Gasteiger partial charge in [-0.15, -0.1) is 10.2 Å². The van der Waals surface area contributed by atoms with E-state index >= 15 is 0 Å². The van der Waals surface area contributed by atoms with Crippen LogP contribution in [0.5, 0.6) is 11.5 Å². The maximum Gasteiger partial charge on any atom is 0.325 e. The molecule has 1 aromatic heterocycles. The lowest BCUT2D eigenvalue weighted by atomic mass is 10.1. The number of carbonyl (C=O) groups excluding carboxylic acids is 1. The molecular formula is C18H16Cl2N4O3S. The van der Waals surface area contributed by atoms with Gasteiger partial charge in [0, 0.05) is 11.4 Å². The molecule has 0 bridgehead atoms. The predicted octanol–water partition coefficient (Wildman–Crippen LogP) is 5.10. The van der Waals surface area contributed by atoms with Crippen molar-refractivity contribution < 1.29 is 14.3 Å². The molecule has 146 valence electrons. The Morgan fingerprint density at radius 3 is 2.54 bits per heavy atom. The molecule has 0 fully saturated rings. The average Bonchev–Trinajstić information content (AvgIpc) is 3.10. The lowest BCUT2D eigenvalue weighted by Crippen LogP contribution is -2.19. The number of aromatic nitrogens is 2. The van der Waals surface area contributed by atoms with Crippen LogP contribution in [0.15, 0.2) is 36.4 Å². The van der Waals surface area contributed by atoms with E-state index in [-0.39, 0.29) is 0 Å². The first-order chi connectivity index (χ1) is 13.5. The number of methoxy groups -OCH3 is 2. The molecular weight excluding hydrogens is 423 g/mol. The number of rotatable bonds is 6. The van der Waals surface area contributed by atoms with Crippen LogP contribution in [0.1, 0.15) is 10.6 Å². The standard InChI is InChI=1S/C18H16Cl2N4O3S/c1-26-14-6-3-10(7-15(14)27-2)8-16-23-24-18(28-16)22-17(25)21-13-5-4-11(19)9-12(13)20/h3-7,9H,8H2,1-2H3,(H2,21,22,24,25). The van der Waals surface area contributed by atoms with E-state index < -0.39 is 6.03 Å². The number of hydrogen-bond donors (Lipinski definition) is 2. The Hall–Kier alpha value is -2.55. The summed E-state index contributed by atoms with van der Waals surface area (Å²) in [5.74, 6) is 1.30. The highest BCUT2D eigenvalue weighted by Gasteiger charge is 2.12. The molecule has 3 aromatic rings. The van der Waals surface area contributed by atoms with Crippen molar-refractivity contribution in [3.05, 3.63) is 57.0 Å². The van der Waals surface area contributed by atoms with Gasteiger partial charge >= 0.3 is 6.03 Å². The highest BCUT2D eigenvalue weighted by Crippen LogP contribution is 2.29. The van der Waals surface area contributed by atoms with Crippen LogP contribution >= 0.6 is 34.5 Å². The monoisotopic (exact) mass is 438 g/mol. The van der Waals surface area contributed by atoms with Gasteiger partial charge in [-0.2, -0.15) is 0 Å². The van der Waals surface area contributed by atoms with Crippen molar-refractivity contribution in [3.8, 4) is 11.5 Å². The van der Waals surface area contributed by atoms with Crippen LogP contribution in [-0.4, -0.2) is 30.4 Å². The van der Waals surface area contributed by atoms with Crippen molar-refractivity contribution in [1.82, 2.24) is 10.2 Å². The summed E-state index contributed by atoms with van der Waals surface area (Å²) in [5, 5.41) is 15.3. The molecule has 0 radical (unpaired) electrons. The van der Waals surface area contributed by atoms with E-state index in [2.05, 4.69) is 20.8 Å². The van der Waals surface area contributed by atoms with E-state index in [9.17, 15) is 4.79 Å². The summed E-state index contributed by atoms with van der Waals surface area (Å²) in [4.78, 5) is 12.1. The Morgan fingerprint density at radius 2 is 1.82 bits per heavy atom. The van der Waals surface area contributed by atoms with Crippen LogP contribution in [0.4, 0.5) is 15.6 Å². The second-order valence-corrected chi connectivity index (χ2v) is 7.48. The van der Waals surface area contributed by atoms with Gasteiger partial charge in [-0.3, -0.25) is 5.32 Å². The number of nitrogens with one attached hydrogen (secondary N) is 2. The lowest BCUT2D eigenvalue weighted by Gasteiger charge is -2.08. The molecule has 0 unspecified atom stereocenters. The molecule has 3 rings (SSSR count). The fraction of sp³-hybridized carbons (Fsp3) is 0.167. The Morgan fingerprint density at radius 1 is 1.04 bits per heavy atom. The molecule has 2 aromatic carbocycles. The third-order valence-corrected chi connectivity index (χ3v) is 5.06. The predicted molar refractivity (Wildman–Crippen MR) is 111 cm³/mol. The third kappa shape index (κ3) is 5.03. The van der Waals surface area contributed by atoms with Gasteiger partial charge in [0.2, 0.25) is 5.13 Å². The van der Waals surface area contributed by atoms with Crippen molar-refractivity contribution in [1.29, 1.82) is 0 Å². The van der Waals surface area contributed by atoms with Gasteiger partial charge in [0.1, 0.15) is 5.01 Å². The number of hydrogen-bond acceptors (Lipinski definition) is 6. The summed E-state index contributed by atoms with van der Waals surface area (Å²) in [6, 6.07) is 9.95. The Bertz CT molecular complexity index is 997. The van der Waals surface area contributed by atoms with Gasteiger partial charge < -0.3 is 14.8 Å². The molecule has 0 aliphatic carbocycles. The number of carbonyl (C=O) groups is 1. The summed E-state index contributed by atoms with van der Waals surface area (Å²) in [5.41, 5.74) is 1.43. The Kier molecular flexibility index (Phi) is 6.56. The van der Waals surface area contributed by atoms with Gasteiger partial charge in [-0.05, 0) is 35.9 Å². The number of anilines is 2. The van der Waals surface area contributed by atoms with Crippen molar-refractivity contribution >= 4 is 51.4 Å². The topological polar surface area (TPSA) is 85.4 Å².